The van der Waals surface area contributed by atoms with E-state index < -0.39 is 0 Å². The van der Waals surface area contributed by atoms with Crippen molar-refractivity contribution in [3.05, 3.63) is 34.9 Å². The van der Waals surface area contributed by atoms with E-state index in [-0.39, 0.29) is 11.9 Å². The fourth-order valence-corrected chi connectivity index (χ4v) is 1.90. The molecule has 0 aliphatic rings. The number of hydrogen-bond acceptors (Lipinski definition) is 2. The molecular formula is C14H22N2O. The van der Waals surface area contributed by atoms with Gasteiger partial charge in [0, 0.05) is 18.2 Å². The van der Waals surface area contributed by atoms with Crippen LogP contribution in [0.25, 0.3) is 0 Å². The lowest BCUT2D eigenvalue weighted by Crippen LogP contribution is -2.37. The highest BCUT2D eigenvalue weighted by Crippen LogP contribution is 2.08. The Kier molecular flexibility index (Phi) is 5.16. The maximum absolute atomic E-state index is 11.9. The first-order valence-electron chi connectivity index (χ1n) is 6.15. The van der Waals surface area contributed by atoms with Crippen molar-refractivity contribution >= 4 is 5.91 Å². The van der Waals surface area contributed by atoms with Crippen LogP contribution in [-0.2, 0) is 0 Å². The van der Waals surface area contributed by atoms with Crippen LogP contribution >= 0.6 is 0 Å². The van der Waals surface area contributed by atoms with E-state index >= 15 is 0 Å². The van der Waals surface area contributed by atoms with Gasteiger partial charge in [-0.3, -0.25) is 4.79 Å². The summed E-state index contributed by atoms with van der Waals surface area (Å²) in [6.45, 7) is 6.62. The molecule has 1 rings (SSSR count). The summed E-state index contributed by atoms with van der Waals surface area (Å²) in [6, 6.07) is 5.90. The molecule has 0 radical (unpaired) electrons. The average molecular weight is 234 g/mol. The van der Waals surface area contributed by atoms with Crippen molar-refractivity contribution < 1.29 is 4.79 Å². The van der Waals surface area contributed by atoms with Gasteiger partial charge in [-0.05, 0) is 32.4 Å². The van der Waals surface area contributed by atoms with Gasteiger partial charge in [0.05, 0.1) is 0 Å². The highest BCUT2D eigenvalue weighted by atomic mass is 16.1. The third kappa shape index (κ3) is 4.57. The third-order valence-corrected chi connectivity index (χ3v) is 2.67. The number of amides is 1. The van der Waals surface area contributed by atoms with E-state index in [0.717, 1.165) is 24.0 Å². The molecule has 1 atom stereocenters. The van der Waals surface area contributed by atoms with E-state index in [2.05, 4.69) is 18.3 Å². The van der Waals surface area contributed by atoms with E-state index in [1.807, 2.05) is 26.0 Å². The second-order valence-corrected chi connectivity index (χ2v) is 4.64. The van der Waals surface area contributed by atoms with Crippen LogP contribution in [0.5, 0.6) is 0 Å². The van der Waals surface area contributed by atoms with Crippen molar-refractivity contribution in [1.29, 1.82) is 0 Å². The van der Waals surface area contributed by atoms with Crippen LogP contribution in [0, 0.1) is 13.8 Å². The lowest BCUT2D eigenvalue weighted by Gasteiger charge is -2.12. The van der Waals surface area contributed by atoms with Gasteiger partial charge < -0.3 is 11.1 Å². The fraction of sp³-hybridized carbons (Fsp3) is 0.500. The zero-order valence-corrected chi connectivity index (χ0v) is 10.9. The summed E-state index contributed by atoms with van der Waals surface area (Å²) in [5.41, 5.74) is 8.78. The first-order chi connectivity index (χ1) is 8.02. The van der Waals surface area contributed by atoms with E-state index in [0.29, 0.717) is 12.1 Å². The SMILES string of the molecule is CCCC(N)CNC(=O)c1cc(C)cc(C)c1. The van der Waals surface area contributed by atoms with Gasteiger partial charge in [0.25, 0.3) is 5.91 Å². The van der Waals surface area contributed by atoms with Crippen LogP contribution in [0.15, 0.2) is 18.2 Å². The minimum Gasteiger partial charge on any atom is -0.350 e. The number of hydrogen-bond donors (Lipinski definition) is 2. The first-order valence-corrected chi connectivity index (χ1v) is 6.15. The van der Waals surface area contributed by atoms with Crippen molar-refractivity contribution in [2.45, 2.75) is 39.7 Å². The Morgan fingerprint density at radius 2 is 1.88 bits per heavy atom. The van der Waals surface area contributed by atoms with Crippen molar-refractivity contribution in [2.24, 2.45) is 5.73 Å². The largest absolute Gasteiger partial charge is 0.350 e. The molecule has 0 bridgehead atoms. The molecule has 0 aliphatic heterocycles. The van der Waals surface area contributed by atoms with Gasteiger partial charge in [-0.15, -0.1) is 0 Å². The Hall–Kier alpha value is -1.35. The van der Waals surface area contributed by atoms with Crippen LogP contribution in [0.1, 0.15) is 41.3 Å². The average Bonchev–Trinajstić information content (AvgIpc) is 2.25. The first kappa shape index (κ1) is 13.7. The number of aryl methyl sites for hydroxylation is 2. The Morgan fingerprint density at radius 3 is 2.41 bits per heavy atom. The van der Waals surface area contributed by atoms with Gasteiger partial charge in [0.1, 0.15) is 0 Å². The molecule has 94 valence electrons. The van der Waals surface area contributed by atoms with E-state index in [9.17, 15) is 4.79 Å². The number of rotatable bonds is 5. The summed E-state index contributed by atoms with van der Waals surface area (Å²) >= 11 is 0. The van der Waals surface area contributed by atoms with Crippen LogP contribution in [0.4, 0.5) is 0 Å². The fourth-order valence-electron chi connectivity index (χ4n) is 1.90. The third-order valence-electron chi connectivity index (χ3n) is 2.67. The maximum Gasteiger partial charge on any atom is 0.251 e. The molecule has 0 aromatic heterocycles. The predicted molar refractivity (Wildman–Crippen MR) is 71.1 cm³/mol. The van der Waals surface area contributed by atoms with Crippen LogP contribution < -0.4 is 11.1 Å². The summed E-state index contributed by atoms with van der Waals surface area (Å²) in [6.07, 6.45) is 1.98. The number of carbonyl (C=O) groups is 1. The van der Waals surface area contributed by atoms with Crippen molar-refractivity contribution in [3.63, 3.8) is 0 Å². The maximum atomic E-state index is 11.9. The Balaban J connectivity index is 2.58. The highest BCUT2D eigenvalue weighted by Gasteiger charge is 2.08. The van der Waals surface area contributed by atoms with E-state index in [1.54, 1.807) is 0 Å². The number of nitrogens with one attached hydrogen (secondary N) is 1. The lowest BCUT2D eigenvalue weighted by atomic mass is 10.1. The van der Waals surface area contributed by atoms with Gasteiger partial charge in [0.15, 0.2) is 0 Å². The molecule has 0 saturated heterocycles. The monoisotopic (exact) mass is 234 g/mol. The molecule has 17 heavy (non-hydrogen) atoms. The summed E-state index contributed by atoms with van der Waals surface area (Å²) in [7, 11) is 0. The summed E-state index contributed by atoms with van der Waals surface area (Å²) < 4.78 is 0. The van der Waals surface area contributed by atoms with Gasteiger partial charge >= 0.3 is 0 Å². The molecule has 0 saturated carbocycles. The quantitative estimate of drug-likeness (QED) is 0.820. The van der Waals surface area contributed by atoms with Gasteiger partial charge in [-0.1, -0.05) is 30.5 Å². The topological polar surface area (TPSA) is 55.1 Å². The Labute approximate surface area is 103 Å². The highest BCUT2D eigenvalue weighted by molar-refractivity contribution is 5.94. The second-order valence-electron chi connectivity index (χ2n) is 4.64. The van der Waals surface area contributed by atoms with Gasteiger partial charge in [0.2, 0.25) is 0 Å². The van der Waals surface area contributed by atoms with Gasteiger partial charge in [-0.2, -0.15) is 0 Å². The molecular weight excluding hydrogens is 212 g/mol. The Morgan fingerprint density at radius 1 is 1.29 bits per heavy atom. The Bertz CT molecular complexity index is 368. The minimum absolute atomic E-state index is 0.0386. The van der Waals surface area contributed by atoms with E-state index in [1.165, 1.54) is 0 Å². The summed E-state index contributed by atoms with van der Waals surface area (Å²) in [5, 5.41) is 2.87. The standard InChI is InChI=1S/C14H22N2O/c1-4-5-13(15)9-16-14(17)12-7-10(2)6-11(3)8-12/h6-8,13H,4-5,9,15H2,1-3H3,(H,16,17). The summed E-state index contributed by atoms with van der Waals surface area (Å²) in [5.74, 6) is -0.0386. The smallest absolute Gasteiger partial charge is 0.251 e. The molecule has 0 heterocycles. The predicted octanol–water partition coefficient (Wildman–Crippen LogP) is 2.16. The summed E-state index contributed by atoms with van der Waals surface area (Å²) in [4.78, 5) is 11.9. The lowest BCUT2D eigenvalue weighted by molar-refractivity contribution is 0.0950. The molecule has 1 aromatic rings. The van der Waals surface area contributed by atoms with Crippen molar-refractivity contribution in [2.75, 3.05) is 6.54 Å². The van der Waals surface area contributed by atoms with Crippen molar-refractivity contribution in [3.8, 4) is 0 Å². The molecule has 0 fully saturated rings. The zero-order valence-electron chi connectivity index (χ0n) is 10.9. The van der Waals surface area contributed by atoms with Crippen molar-refractivity contribution in [1.82, 2.24) is 5.32 Å². The molecule has 1 unspecified atom stereocenters. The molecule has 3 heteroatoms. The van der Waals surface area contributed by atoms with Crippen LogP contribution in [0.2, 0.25) is 0 Å². The number of benzene rings is 1. The number of carbonyl (C=O) groups excluding carboxylic acids is 1. The van der Waals surface area contributed by atoms with E-state index in [4.69, 9.17) is 5.73 Å². The zero-order chi connectivity index (χ0) is 12.8. The molecule has 3 N–H and O–H groups in total. The van der Waals surface area contributed by atoms with Crippen LogP contribution in [-0.4, -0.2) is 18.5 Å². The molecule has 3 nitrogen and oxygen atoms in total. The molecule has 1 amide bonds. The molecule has 0 aliphatic carbocycles. The van der Waals surface area contributed by atoms with Gasteiger partial charge in [-0.25, -0.2) is 0 Å². The number of nitrogens with two attached hydrogens (primary N) is 1. The molecule has 1 aromatic carbocycles. The van der Waals surface area contributed by atoms with Crippen LogP contribution in [0.3, 0.4) is 0 Å². The normalized spacial score (nSPS) is 12.2. The second kappa shape index (κ2) is 6.40. The minimum atomic E-state index is -0.0386. The molecule has 0 spiro atoms.